The molecule has 3 rings (SSSR count). The number of hydrogen-bond donors (Lipinski definition) is 0. The van der Waals surface area contributed by atoms with Crippen LogP contribution in [0.2, 0.25) is 0 Å². The minimum Gasteiger partial charge on any atom is -0.293 e. The van der Waals surface area contributed by atoms with E-state index in [4.69, 9.17) is 0 Å². The first kappa shape index (κ1) is 12.9. The van der Waals surface area contributed by atoms with Gasteiger partial charge in [0.25, 0.3) is 0 Å². The predicted octanol–water partition coefficient (Wildman–Crippen LogP) is 2.58. The summed E-state index contributed by atoms with van der Waals surface area (Å²) in [6.07, 6.45) is 3.30. The van der Waals surface area contributed by atoms with E-state index in [1.165, 1.54) is 0 Å². The van der Waals surface area contributed by atoms with Crippen LogP contribution in [0.5, 0.6) is 0 Å². The quantitative estimate of drug-likeness (QED) is 0.797. The highest BCUT2D eigenvalue weighted by molar-refractivity contribution is 6.06. The Morgan fingerprint density at radius 2 is 1.95 bits per heavy atom. The number of rotatable bonds is 1. The topological polar surface area (TPSA) is 55.7 Å². The zero-order chi connectivity index (χ0) is 14.3. The average molecular weight is 267 g/mol. The fourth-order valence-corrected chi connectivity index (χ4v) is 2.81. The predicted molar refractivity (Wildman–Crippen MR) is 75.7 cm³/mol. The first-order valence-corrected chi connectivity index (χ1v) is 6.82. The second-order valence-corrected chi connectivity index (χ2v) is 5.67. The van der Waals surface area contributed by atoms with E-state index in [9.17, 15) is 4.79 Å². The number of fused-ring (bicyclic) bond motifs is 1. The second kappa shape index (κ2) is 4.47. The zero-order valence-corrected chi connectivity index (χ0v) is 12.0. The molecule has 4 nitrogen and oxygen atoms in total. The van der Waals surface area contributed by atoms with Gasteiger partial charge in [-0.25, -0.2) is 0 Å². The lowest BCUT2D eigenvalue weighted by Gasteiger charge is -2.32. The van der Waals surface area contributed by atoms with E-state index < -0.39 is 5.41 Å². The van der Waals surface area contributed by atoms with Gasteiger partial charge in [-0.05, 0) is 57.4 Å². The van der Waals surface area contributed by atoms with Gasteiger partial charge < -0.3 is 0 Å². The lowest BCUT2D eigenvalue weighted by atomic mass is 9.70. The standard InChI is InChI=1S/C16H17N3O/c1-10-7-9-17-12-6-8-16(3,15(20)14(10)12)13-5-4-11(2)18-19-13/h4-5,7,9H,6,8H2,1-3H3. The van der Waals surface area contributed by atoms with Crippen LogP contribution in [0, 0.1) is 13.8 Å². The Bertz CT molecular complexity index is 679. The molecule has 1 atom stereocenters. The highest BCUT2D eigenvalue weighted by atomic mass is 16.1. The number of aryl methyl sites for hydroxylation is 3. The number of aromatic nitrogens is 3. The molecule has 0 radical (unpaired) electrons. The number of Topliss-reactive ketones (excluding diaryl/α,β-unsaturated/α-hetero) is 1. The van der Waals surface area contributed by atoms with E-state index in [0.717, 1.165) is 41.1 Å². The molecule has 0 spiro atoms. The van der Waals surface area contributed by atoms with Crippen molar-refractivity contribution in [1.82, 2.24) is 15.2 Å². The van der Waals surface area contributed by atoms with Crippen molar-refractivity contribution in [2.24, 2.45) is 0 Å². The van der Waals surface area contributed by atoms with Crippen molar-refractivity contribution in [2.75, 3.05) is 0 Å². The van der Waals surface area contributed by atoms with E-state index in [1.54, 1.807) is 6.20 Å². The molecule has 4 heteroatoms. The van der Waals surface area contributed by atoms with Crippen LogP contribution in [-0.2, 0) is 11.8 Å². The summed E-state index contributed by atoms with van der Waals surface area (Å²) in [5.41, 5.74) is 3.68. The SMILES string of the molecule is Cc1ccc(C2(C)CCc3nccc(C)c3C2=O)nn1. The highest BCUT2D eigenvalue weighted by Crippen LogP contribution is 2.37. The summed E-state index contributed by atoms with van der Waals surface area (Å²) in [6, 6.07) is 5.71. The molecule has 0 fully saturated rings. The van der Waals surface area contributed by atoms with E-state index in [1.807, 2.05) is 39.0 Å². The molecular formula is C16H17N3O. The number of pyridine rings is 1. The average Bonchev–Trinajstić information content (AvgIpc) is 2.44. The van der Waals surface area contributed by atoms with Crippen molar-refractivity contribution in [3.63, 3.8) is 0 Å². The largest absolute Gasteiger partial charge is 0.293 e. The number of nitrogens with zero attached hydrogens (tertiary/aromatic N) is 3. The van der Waals surface area contributed by atoms with Gasteiger partial charge in [-0.2, -0.15) is 10.2 Å². The fourth-order valence-electron chi connectivity index (χ4n) is 2.81. The van der Waals surface area contributed by atoms with Crippen molar-refractivity contribution in [1.29, 1.82) is 0 Å². The maximum atomic E-state index is 12.9. The third-order valence-electron chi connectivity index (χ3n) is 4.19. The molecule has 0 aliphatic heterocycles. The summed E-state index contributed by atoms with van der Waals surface area (Å²) >= 11 is 0. The van der Waals surface area contributed by atoms with Crippen LogP contribution in [0.3, 0.4) is 0 Å². The van der Waals surface area contributed by atoms with Gasteiger partial charge in [0.15, 0.2) is 5.78 Å². The molecule has 0 N–H and O–H groups in total. The third-order valence-corrected chi connectivity index (χ3v) is 4.19. The van der Waals surface area contributed by atoms with E-state index in [2.05, 4.69) is 15.2 Å². The van der Waals surface area contributed by atoms with Gasteiger partial charge in [0, 0.05) is 11.8 Å². The first-order valence-electron chi connectivity index (χ1n) is 6.82. The van der Waals surface area contributed by atoms with Crippen LogP contribution in [0.25, 0.3) is 0 Å². The minimum absolute atomic E-state index is 0.113. The van der Waals surface area contributed by atoms with Crippen molar-refractivity contribution in [3.8, 4) is 0 Å². The summed E-state index contributed by atoms with van der Waals surface area (Å²) in [7, 11) is 0. The molecule has 0 saturated heterocycles. The van der Waals surface area contributed by atoms with Crippen LogP contribution in [-0.4, -0.2) is 21.0 Å². The van der Waals surface area contributed by atoms with Crippen LogP contribution >= 0.6 is 0 Å². The zero-order valence-electron chi connectivity index (χ0n) is 12.0. The molecule has 2 heterocycles. The van der Waals surface area contributed by atoms with Gasteiger partial charge in [-0.1, -0.05) is 0 Å². The maximum absolute atomic E-state index is 12.9. The van der Waals surface area contributed by atoms with E-state index in [0.29, 0.717) is 0 Å². The minimum atomic E-state index is -0.596. The van der Waals surface area contributed by atoms with Crippen molar-refractivity contribution in [2.45, 2.75) is 39.0 Å². The highest BCUT2D eigenvalue weighted by Gasteiger charge is 2.42. The van der Waals surface area contributed by atoms with Crippen LogP contribution < -0.4 is 0 Å². The van der Waals surface area contributed by atoms with Crippen molar-refractivity contribution in [3.05, 3.63) is 52.6 Å². The number of carbonyl (C=O) groups excluding carboxylic acids is 1. The second-order valence-electron chi connectivity index (χ2n) is 5.67. The molecule has 1 aliphatic rings. The molecule has 2 aromatic heterocycles. The molecule has 2 aromatic rings. The molecule has 1 unspecified atom stereocenters. The fraction of sp³-hybridized carbons (Fsp3) is 0.375. The monoisotopic (exact) mass is 267 g/mol. The summed E-state index contributed by atoms with van der Waals surface area (Å²) < 4.78 is 0. The Labute approximate surface area is 118 Å². The Hall–Kier alpha value is -2.10. The molecule has 0 saturated carbocycles. The molecule has 102 valence electrons. The molecule has 20 heavy (non-hydrogen) atoms. The molecular weight excluding hydrogens is 250 g/mol. The lowest BCUT2D eigenvalue weighted by Crippen LogP contribution is -2.39. The van der Waals surface area contributed by atoms with Gasteiger partial charge >= 0.3 is 0 Å². The summed E-state index contributed by atoms with van der Waals surface area (Å²) in [6.45, 7) is 5.82. The van der Waals surface area contributed by atoms with Gasteiger partial charge in [0.1, 0.15) is 0 Å². The van der Waals surface area contributed by atoms with E-state index >= 15 is 0 Å². The van der Waals surface area contributed by atoms with Gasteiger partial charge in [-0.3, -0.25) is 9.78 Å². The Balaban J connectivity index is 2.11. The molecule has 0 aromatic carbocycles. The van der Waals surface area contributed by atoms with Gasteiger partial charge in [0.05, 0.1) is 22.5 Å². The Morgan fingerprint density at radius 3 is 2.65 bits per heavy atom. The smallest absolute Gasteiger partial charge is 0.176 e. The van der Waals surface area contributed by atoms with Crippen LogP contribution in [0.4, 0.5) is 0 Å². The van der Waals surface area contributed by atoms with Crippen molar-refractivity contribution >= 4 is 5.78 Å². The van der Waals surface area contributed by atoms with Gasteiger partial charge in [-0.15, -0.1) is 0 Å². The van der Waals surface area contributed by atoms with E-state index in [-0.39, 0.29) is 5.78 Å². The molecule has 0 amide bonds. The summed E-state index contributed by atoms with van der Waals surface area (Å²) in [5.74, 6) is 0.113. The lowest BCUT2D eigenvalue weighted by molar-refractivity contribution is 0.0869. The number of ketones is 1. The Morgan fingerprint density at radius 1 is 1.15 bits per heavy atom. The Kier molecular flexibility index (Phi) is 2.89. The molecule has 0 bridgehead atoms. The van der Waals surface area contributed by atoms with Crippen LogP contribution in [0.15, 0.2) is 24.4 Å². The maximum Gasteiger partial charge on any atom is 0.176 e. The number of hydrogen-bond acceptors (Lipinski definition) is 4. The normalized spacial score (nSPS) is 21.6. The number of carbonyl (C=O) groups is 1. The molecule has 1 aliphatic carbocycles. The van der Waals surface area contributed by atoms with Gasteiger partial charge in [0.2, 0.25) is 0 Å². The van der Waals surface area contributed by atoms with Crippen molar-refractivity contribution < 1.29 is 4.79 Å². The summed E-state index contributed by atoms with van der Waals surface area (Å²) in [4.78, 5) is 17.3. The third kappa shape index (κ3) is 1.83. The summed E-state index contributed by atoms with van der Waals surface area (Å²) in [5, 5.41) is 8.33. The van der Waals surface area contributed by atoms with Crippen LogP contribution in [0.1, 0.15) is 46.3 Å². The first-order chi connectivity index (χ1) is 9.52.